The molecule has 0 aromatic heterocycles. The first-order valence-electron chi connectivity index (χ1n) is 10.9. The summed E-state index contributed by atoms with van der Waals surface area (Å²) >= 11 is 7.59. The second kappa shape index (κ2) is 10.0. The van der Waals surface area contributed by atoms with Crippen molar-refractivity contribution in [3.05, 3.63) is 106 Å². The molecule has 4 nitrogen and oxygen atoms in total. The van der Waals surface area contributed by atoms with Crippen molar-refractivity contribution in [3.8, 4) is 0 Å². The van der Waals surface area contributed by atoms with Crippen LogP contribution in [0.1, 0.15) is 46.3 Å². The van der Waals surface area contributed by atoms with Crippen molar-refractivity contribution in [1.82, 2.24) is 10.2 Å². The summed E-state index contributed by atoms with van der Waals surface area (Å²) in [5, 5.41) is 3.75. The van der Waals surface area contributed by atoms with Crippen LogP contribution in [0.2, 0.25) is 5.02 Å². The van der Waals surface area contributed by atoms with Crippen LogP contribution < -0.4 is 5.32 Å². The molecule has 0 saturated carbocycles. The normalized spacial score (nSPS) is 16.2. The van der Waals surface area contributed by atoms with E-state index in [-0.39, 0.29) is 22.7 Å². The minimum absolute atomic E-state index is 0.0696. The van der Waals surface area contributed by atoms with Gasteiger partial charge in [-0.3, -0.25) is 9.59 Å². The van der Waals surface area contributed by atoms with Crippen molar-refractivity contribution < 1.29 is 9.59 Å². The lowest BCUT2D eigenvalue weighted by molar-refractivity contribution is -0.128. The van der Waals surface area contributed by atoms with Gasteiger partial charge >= 0.3 is 0 Å². The van der Waals surface area contributed by atoms with Gasteiger partial charge in [-0.1, -0.05) is 66.2 Å². The number of thioether (sulfide) groups is 1. The maximum Gasteiger partial charge on any atom is 0.251 e. The summed E-state index contributed by atoms with van der Waals surface area (Å²) in [6.07, 6.45) is 0.748. The van der Waals surface area contributed by atoms with Crippen LogP contribution in [0.4, 0.5) is 0 Å². The Labute approximate surface area is 204 Å². The van der Waals surface area contributed by atoms with E-state index in [2.05, 4.69) is 17.4 Å². The maximum absolute atomic E-state index is 12.9. The first-order chi connectivity index (χ1) is 15.8. The lowest BCUT2D eigenvalue weighted by Crippen LogP contribution is -2.45. The van der Waals surface area contributed by atoms with Gasteiger partial charge in [0.15, 0.2) is 0 Å². The number of rotatable bonds is 7. The van der Waals surface area contributed by atoms with Crippen molar-refractivity contribution in [3.63, 3.8) is 0 Å². The fourth-order valence-corrected chi connectivity index (χ4v) is 5.33. The summed E-state index contributed by atoms with van der Waals surface area (Å²) in [6.45, 7) is 4.59. The van der Waals surface area contributed by atoms with Crippen LogP contribution in [0.25, 0.3) is 0 Å². The van der Waals surface area contributed by atoms with Crippen LogP contribution in [-0.4, -0.2) is 28.0 Å². The van der Waals surface area contributed by atoms with Gasteiger partial charge in [-0.05, 0) is 61.2 Å². The molecular weight excluding hydrogens is 452 g/mol. The van der Waals surface area contributed by atoms with Crippen LogP contribution in [0.15, 0.2) is 78.9 Å². The third-order valence-corrected chi connectivity index (χ3v) is 7.14. The van der Waals surface area contributed by atoms with Gasteiger partial charge in [-0.25, -0.2) is 0 Å². The van der Waals surface area contributed by atoms with Crippen LogP contribution in [0.5, 0.6) is 0 Å². The molecule has 1 atom stereocenters. The van der Waals surface area contributed by atoms with Gasteiger partial charge in [0.1, 0.15) is 5.37 Å². The molecule has 6 heteroatoms. The highest BCUT2D eigenvalue weighted by Crippen LogP contribution is 2.39. The molecule has 0 radical (unpaired) electrons. The standard InChI is InChI=1S/C27H27ClN2O2S/c1-27(2,16-19-6-4-3-5-7-19)29-25(32)21-10-12-22(13-11-21)26-30(24(31)18-33-26)17-20-8-14-23(28)15-9-20/h3-15,26H,16-18H2,1-2H3,(H,29,32)/t26-/m1/s1. The molecule has 1 aliphatic rings. The van der Waals surface area contributed by atoms with E-state index in [1.165, 1.54) is 5.56 Å². The predicted octanol–water partition coefficient (Wildman–Crippen LogP) is 5.87. The number of carbonyl (C=O) groups excluding carboxylic acids is 2. The lowest BCUT2D eigenvalue weighted by Gasteiger charge is -2.27. The molecule has 1 fully saturated rings. The zero-order chi connectivity index (χ0) is 23.4. The molecule has 33 heavy (non-hydrogen) atoms. The van der Waals surface area contributed by atoms with E-state index in [9.17, 15) is 9.59 Å². The van der Waals surface area contributed by atoms with E-state index in [1.807, 2.05) is 85.5 Å². The van der Waals surface area contributed by atoms with Crippen molar-refractivity contribution >= 4 is 35.2 Å². The molecule has 1 heterocycles. The molecule has 0 unspecified atom stereocenters. The SMILES string of the molecule is CC(C)(Cc1ccccc1)NC(=O)c1ccc([C@H]2SCC(=O)N2Cc2ccc(Cl)cc2)cc1. The highest BCUT2D eigenvalue weighted by atomic mass is 35.5. The van der Waals surface area contributed by atoms with Gasteiger partial charge in [0, 0.05) is 22.7 Å². The average Bonchev–Trinajstić information content (AvgIpc) is 3.15. The van der Waals surface area contributed by atoms with E-state index >= 15 is 0 Å². The Hall–Kier alpha value is -2.76. The Bertz CT molecular complexity index is 1120. The first kappa shape index (κ1) is 23.4. The number of carbonyl (C=O) groups is 2. The highest BCUT2D eigenvalue weighted by molar-refractivity contribution is 8.00. The second-order valence-electron chi connectivity index (χ2n) is 8.93. The van der Waals surface area contributed by atoms with Crippen molar-refractivity contribution in [1.29, 1.82) is 0 Å². The first-order valence-corrected chi connectivity index (χ1v) is 12.4. The molecule has 2 amide bonds. The molecule has 4 rings (SSSR count). The van der Waals surface area contributed by atoms with Crippen LogP contribution in [0, 0.1) is 0 Å². The molecular formula is C27H27ClN2O2S. The highest BCUT2D eigenvalue weighted by Gasteiger charge is 2.33. The van der Waals surface area contributed by atoms with Crippen LogP contribution >= 0.6 is 23.4 Å². The molecule has 0 spiro atoms. The van der Waals surface area contributed by atoms with E-state index in [0.717, 1.165) is 17.5 Å². The summed E-state index contributed by atoms with van der Waals surface area (Å²) in [7, 11) is 0. The minimum Gasteiger partial charge on any atom is -0.347 e. The number of nitrogens with zero attached hydrogens (tertiary/aromatic N) is 1. The van der Waals surface area contributed by atoms with Gasteiger partial charge in [0.25, 0.3) is 5.91 Å². The van der Waals surface area contributed by atoms with Gasteiger partial charge in [-0.2, -0.15) is 0 Å². The molecule has 170 valence electrons. The third-order valence-electron chi connectivity index (χ3n) is 5.63. The number of hydrogen-bond acceptors (Lipinski definition) is 3. The van der Waals surface area contributed by atoms with E-state index in [1.54, 1.807) is 11.8 Å². The molecule has 1 aliphatic heterocycles. The van der Waals surface area contributed by atoms with Crippen molar-refractivity contribution in [2.24, 2.45) is 0 Å². The lowest BCUT2D eigenvalue weighted by atomic mass is 9.94. The van der Waals surface area contributed by atoms with Crippen LogP contribution in [-0.2, 0) is 17.8 Å². The Morgan fingerprint density at radius 3 is 2.33 bits per heavy atom. The quantitative estimate of drug-likeness (QED) is 0.462. The summed E-state index contributed by atoms with van der Waals surface area (Å²) in [4.78, 5) is 27.3. The van der Waals surface area contributed by atoms with Gasteiger partial charge in [0.2, 0.25) is 5.91 Å². The van der Waals surface area contributed by atoms with E-state index in [0.29, 0.717) is 22.9 Å². The summed E-state index contributed by atoms with van der Waals surface area (Å²) in [6, 6.07) is 25.3. The van der Waals surface area contributed by atoms with Crippen molar-refractivity contribution in [2.45, 2.75) is 37.7 Å². The average molecular weight is 479 g/mol. The largest absolute Gasteiger partial charge is 0.347 e. The number of hydrogen-bond donors (Lipinski definition) is 1. The topological polar surface area (TPSA) is 49.4 Å². The summed E-state index contributed by atoms with van der Waals surface area (Å²) < 4.78 is 0. The Balaban J connectivity index is 1.42. The molecule has 3 aromatic carbocycles. The number of benzene rings is 3. The monoisotopic (exact) mass is 478 g/mol. The zero-order valence-electron chi connectivity index (χ0n) is 18.8. The van der Waals surface area contributed by atoms with Gasteiger partial charge < -0.3 is 10.2 Å². The Kier molecular flexibility index (Phi) is 7.11. The molecule has 3 aromatic rings. The number of nitrogens with one attached hydrogen (secondary N) is 1. The molecule has 0 aliphatic carbocycles. The Morgan fingerprint density at radius 2 is 1.67 bits per heavy atom. The Morgan fingerprint density at radius 1 is 1.00 bits per heavy atom. The zero-order valence-corrected chi connectivity index (χ0v) is 20.3. The number of amides is 2. The maximum atomic E-state index is 12.9. The van der Waals surface area contributed by atoms with Crippen molar-refractivity contribution in [2.75, 3.05) is 5.75 Å². The van der Waals surface area contributed by atoms with E-state index in [4.69, 9.17) is 11.6 Å². The van der Waals surface area contributed by atoms with Gasteiger partial charge in [0.05, 0.1) is 5.75 Å². The summed E-state index contributed by atoms with van der Waals surface area (Å²) in [5.41, 5.74) is 3.47. The van der Waals surface area contributed by atoms with E-state index < -0.39 is 0 Å². The third kappa shape index (κ3) is 5.98. The van der Waals surface area contributed by atoms with Crippen LogP contribution in [0.3, 0.4) is 0 Å². The molecule has 1 saturated heterocycles. The fourth-order valence-electron chi connectivity index (χ4n) is 4.02. The fraction of sp³-hybridized carbons (Fsp3) is 0.259. The molecule has 1 N–H and O–H groups in total. The smallest absolute Gasteiger partial charge is 0.251 e. The summed E-state index contributed by atoms with van der Waals surface area (Å²) in [5.74, 6) is 0.467. The number of halogens is 1. The molecule has 0 bridgehead atoms. The minimum atomic E-state index is -0.375. The predicted molar refractivity (Wildman–Crippen MR) is 135 cm³/mol. The van der Waals surface area contributed by atoms with Gasteiger partial charge in [-0.15, -0.1) is 11.8 Å². The second-order valence-corrected chi connectivity index (χ2v) is 10.4.